The summed E-state index contributed by atoms with van der Waals surface area (Å²) >= 11 is 0. The molecule has 0 spiro atoms. The molecule has 0 saturated heterocycles. The van der Waals surface area contributed by atoms with Crippen LogP contribution in [0.25, 0.3) is 5.52 Å². The molecule has 2 N–H and O–H groups in total. The lowest BCUT2D eigenvalue weighted by Crippen LogP contribution is -2.33. The van der Waals surface area contributed by atoms with E-state index in [9.17, 15) is 9.59 Å². The van der Waals surface area contributed by atoms with E-state index in [1.165, 1.54) is 0 Å². The third-order valence-electron chi connectivity index (χ3n) is 5.14. The molecule has 1 fully saturated rings. The Morgan fingerprint density at radius 3 is 2.46 bits per heavy atom. The number of aryl methyl sites for hydroxylation is 2. The molecule has 0 atom stereocenters. The number of imidazole rings is 1. The molecule has 28 heavy (non-hydrogen) atoms. The molecule has 0 unspecified atom stereocenters. The van der Waals surface area contributed by atoms with Crippen molar-refractivity contribution in [1.82, 2.24) is 14.7 Å². The summed E-state index contributed by atoms with van der Waals surface area (Å²) in [4.78, 5) is 30.1. The molecule has 0 bridgehead atoms. The lowest BCUT2D eigenvalue weighted by Gasteiger charge is -2.10. The van der Waals surface area contributed by atoms with Crippen molar-refractivity contribution >= 4 is 23.0 Å². The largest absolute Gasteiger partial charge is 0.347 e. The standard InChI is InChI=1S/C22H24N4O2/c1-14-11-15(2)13-17(12-14)24-21(27)19-18-9-5-6-10-26(18)20(25-19)22(28)23-16-7-3-4-8-16/h5-6,9-13,16H,3-4,7-8H2,1-2H3,(H,23,28)(H,24,27). The average Bonchev–Trinajstić information content (AvgIpc) is 3.28. The lowest BCUT2D eigenvalue weighted by atomic mass is 10.1. The maximum absolute atomic E-state index is 12.9. The average molecular weight is 376 g/mol. The van der Waals surface area contributed by atoms with Crippen LogP contribution in [0, 0.1) is 13.8 Å². The first-order chi connectivity index (χ1) is 13.5. The summed E-state index contributed by atoms with van der Waals surface area (Å²) in [5.74, 6) is -0.319. The van der Waals surface area contributed by atoms with Gasteiger partial charge in [0.25, 0.3) is 11.8 Å². The molecule has 4 rings (SSSR count). The molecule has 2 aromatic heterocycles. The van der Waals surface area contributed by atoms with E-state index in [-0.39, 0.29) is 29.4 Å². The first-order valence-corrected chi connectivity index (χ1v) is 9.69. The van der Waals surface area contributed by atoms with Gasteiger partial charge in [0, 0.05) is 17.9 Å². The summed E-state index contributed by atoms with van der Waals surface area (Å²) in [6.45, 7) is 3.97. The van der Waals surface area contributed by atoms with Gasteiger partial charge < -0.3 is 10.6 Å². The van der Waals surface area contributed by atoms with Crippen molar-refractivity contribution in [2.24, 2.45) is 0 Å². The zero-order valence-corrected chi connectivity index (χ0v) is 16.2. The van der Waals surface area contributed by atoms with E-state index in [2.05, 4.69) is 15.6 Å². The number of hydrogen-bond donors (Lipinski definition) is 2. The fourth-order valence-corrected chi connectivity index (χ4v) is 3.92. The van der Waals surface area contributed by atoms with Crippen LogP contribution in [0.5, 0.6) is 0 Å². The van der Waals surface area contributed by atoms with Crippen LogP contribution < -0.4 is 10.6 Å². The highest BCUT2D eigenvalue weighted by Gasteiger charge is 2.24. The Labute approximate surface area is 164 Å². The topological polar surface area (TPSA) is 75.5 Å². The molecule has 0 radical (unpaired) electrons. The van der Waals surface area contributed by atoms with E-state index in [1.807, 2.05) is 44.2 Å². The van der Waals surface area contributed by atoms with Crippen molar-refractivity contribution in [3.8, 4) is 0 Å². The van der Waals surface area contributed by atoms with Gasteiger partial charge >= 0.3 is 0 Å². The van der Waals surface area contributed by atoms with Crippen LogP contribution in [0.1, 0.15) is 57.9 Å². The summed E-state index contributed by atoms with van der Waals surface area (Å²) in [5.41, 5.74) is 3.72. The van der Waals surface area contributed by atoms with E-state index in [4.69, 9.17) is 0 Å². The highest BCUT2D eigenvalue weighted by molar-refractivity contribution is 6.09. The first kappa shape index (κ1) is 18.2. The van der Waals surface area contributed by atoms with Gasteiger partial charge in [0.1, 0.15) is 0 Å². The third-order valence-corrected chi connectivity index (χ3v) is 5.14. The van der Waals surface area contributed by atoms with Gasteiger partial charge in [-0.15, -0.1) is 0 Å². The number of rotatable bonds is 4. The Morgan fingerprint density at radius 2 is 1.75 bits per heavy atom. The molecule has 1 saturated carbocycles. The molecule has 6 nitrogen and oxygen atoms in total. The first-order valence-electron chi connectivity index (χ1n) is 9.69. The van der Waals surface area contributed by atoms with Crippen molar-refractivity contribution in [3.05, 3.63) is 65.2 Å². The van der Waals surface area contributed by atoms with Crippen LogP contribution in [0.2, 0.25) is 0 Å². The van der Waals surface area contributed by atoms with E-state index in [1.54, 1.807) is 16.7 Å². The number of fused-ring (bicyclic) bond motifs is 1. The fourth-order valence-electron chi connectivity index (χ4n) is 3.92. The van der Waals surface area contributed by atoms with Crippen LogP contribution in [0.15, 0.2) is 42.6 Å². The van der Waals surface area contributed by atoms with Crippen molar-refractivity contribution in [2.75, 3.05) is 5.32 Å². The van der Waals surface area contributed by atoms with Gasteiger partial charge in [-0.3, -0.25) is 14.0 Å². The molecule has 144 valence electrons. The van der Waals surface area contributed by atoms with Gasteiger partial charge in [-0.1, -0.05) is 25.0 Å². The zero-order chi connectivity index (χ0) is 19.7. The number of anilines is 1. The normalized spacial score (nSPS) is 14.4. The third kappa shape index (κ3) is 3.63. The summed E-state index contributed by atoms with van der Waals surface area (Å²) in [5, 5.41) is 5.96. The van der Waals surface area contributed by atoms with E-state index in [0.29, 0.717) is 5.52 Å². The van der Waals surface area contributed by atoms with Gasteiger partial charge in [-0.2, -0.15) is 0 Å². The maximum Gasteiger partial charge on any atom is 0.287 e. The molecule has 1 aliphatic carbocycles. The van der Waals surface area contributed by atoms with Gasteiger partial charge in [-0.25, -0.2) is 4.98 Å². The molecule has 1 aliphatic rings. The number of nitrogens with one attached hydrogen (secondary N) is 2. The predicted octanol–water partition coefficient (Wildman–Crippen LogP) is 3.88. The minimum atomic E-state index is -0.325. The molecular weight excluding hydrogens is 352 g/mol. The molecule has 0 aliphatic heterocycles. The number of aromatic nitrogens is 2. The van der Waals surface area contributed by atoms with Crippen LogP contribution in [-0.4, -0.2) is 27.2 Å². The van der Waals surface area contributed by atoms with Crippen LogP contribution >= 0.6 is 0 Å². The maximum atomic E-state index is 12.9. The quantitative estimate of drug-likeness (QED) is 0.726. The van der Waals surface area contributed by atoms with Gasteiger partial charge in [0.05, 0.1) is 5.52 Å². The van der Waals surface area contributed by atoms with E-state index < -0.39 is 0 Å². The van der Waals surface area contributed by atoms with E-state index >= 15 is 0 Å². The molecule has 1 aromatic carbocycles. The second-order valence-corrected chi connectivity index (χ2v) is 7.53. The molecule has 2 heterocycles. The second kappa shape index (κ2) is 7.46. The number of carbonyl (C=O) groups excluding carboxylic acids is 2. The van der Waals surface area contributed by atoms with Crippen molar-refractivity contribution < 1.29 is 9.59 Å². The minimum Gasteiger partial charge on any atom is -0.347 e. The highest BCUT2D eigenvalue weighted by Crippen LogP contribution is 2.20. The van der Waals surface area contributed by atoms with Crippen molar-refractivity contribution in [1.29, 1.82) is 0 Å². The number of hydrogen-bond acceptors (Lipinski definition) is 3. The Morgan fingerprint density at radius 1 is 1.04 bits per heavy atom. The van der Waals surface area contributed by atoms with Crippen LogP contribution in [-0.2, 0) is 0 Å². The minimum absolute atomic E-state index is 0.191. The van der Waals surface area contributed by atoms with Gasteiger partial charge in [0.2, 0.25) is 5.82 Å². The summed E-state index contributed by atoms with van der Waals surface area (Å²) < 4.78 is 1.68. The predicted molar refractivity (Wildman–Crippen MR) is 109 cm³/mol. The van der Waals surface area contributed by atoms with Crippen LogP contribution in [0.4, 0.5) is 5.69 Å². The SMILES string of the molecule is Cc1cc(C)cc(NC(=O)c2nc(C(=O)NC3CCCC3)n3ccccc23)c1. The van der Waals surface area contributed by atoms with Gasteiger partial charge in [0.15, 0.2) is 5.69 Å². The Hall–Kier alpha value is -3.15. The number of benzene rings is 1. The zero-order valence-electron chi connectivity index (χ0n) is 16.2. The van der Waals surface area contributed by atoms with Gasteiger partial charge in [-0.05, 0) is 62.1 Å². The second-order valence-electron chi connectivity index (χ2n) is 7.53. The molecule has 2 amide bonds. The summed E-state index contributed by atoms with van der Waals surface area (Å²) in [6, 6.07) is 11.5. The Bertz CT molecular complexity index is 1030. The lowest BCUT2D eigenvalue weighted by molar-refractivity contribution is 0.0926. The van der Waals surface area contributed by atoms with E-state index in [0.717, 1.165) is 42.5 Å². The summed E-state index contributed by atoms with van der Waals surface area (Å²) in [6.07, 6.45) is 6.03. The monoisotopic (exact) mass is 376 g/mol. The number of carbonyl (C=O) groups is 2. The fraction of sp³-hybridized carbons (Fsp3) is 0.318. The number of pyridine rings is 1. The van der Waals surface area contributed by atoms with Crippen LogP contribution in [0.3, 0.4) is 0 Å². The molecule has 6 heteroatoms. The number of amides is 2. The number of nitrogens with zero attached hydrogens (tertiary/aromatic N) is 2. The summed E-state index contributed by atoms with van der Waals surface area (Å²) in [7, 11) is 0. The van der Waals surface area contributed by atoms with Crippen molar-refractivity contribution in [2.45, 2.75) is 45.6 Å². The smallest absolute Gasteiger partial charge is 0.287 e. The highest BCUT2D eigenvalue weighted by atomic mass is 16.2. The van der Waals surface area contributed by atoms with Crippen molar-refractivity contribution in [3.63, 3.8) is 0 Å². The molecule has 3 aromatic rings. The Balaban J connectivity index is 1.65. The molecular formula is C22H24N4O2. The Kier molecular flexibility index (Phi) is 4.86.